The average molecular weight is 1160 g/mol. The number of hydrogen-bond acceptors (Lipinski definition) is 10. The normalized spacial score (nSPS) is 11.9. The van der Waals surface area contributed by atoms with Crippen LogP contribution in [-0.4, -0.2) is 49.0 Å². The van der Waals surface area contributed by atoms with E-state index in [2.05, 4.69) is 197 Å². The lowest BCUT2D eigenvalue weighted by Crippen LogP contribution is -2.06. The molecule has 410 valence electrons. The summed E-state index contributed by atoms with van der Waals surface area (Å²) in [5, 5.41) is 9.48. The Hall–Kier alpha value is -11.4. The Morgan fingerprint density at radius 3 is 1.24 bits per heavy atom. The molecule has 0 atom stereocenters. The third-order valence-electron chi connectivity index (χ3n) is 16.8. The van der Waals surface area contributed by atoms with Crippen molar-refractivity contribution >= 4 is 107 Å². The van der Waals surface area contributed by atoms with E-state index in [0.717, 1.165) is 82.7 Å². The summed E-state index contributed by atoms with van der Waals surface area (Å²) in [5.41, 5.74) is 12.8. The lowest BCUT2D eigenvalue weighted by molar-refractivity contribution is 0.954. The largest absolute Gasteiger partial charge is 0.278 e. The van der Waals surface area contributed by atoms with Crippen molar-refractivity contribution in [2.24, 2.45) is 0 Å². The molecule has 11 aromatic carbocycles. The number of rotatable bonds is 9. The maximum Gasteiger partial charge on any atom is 0.238 e. The zero-order chi connectivity index (χ0) is 57.8. The molecule has 0 N–H and O–H groups in total. The number of benzene rings is 11. The lowest BCUT2D eigenvalue weighted by Gasteiger charge is -2.12. The van der Waals surface area contributed by atoms with Crippen LogP contribution in [0.3, 0.4) is 0 Å². The van der Waals surface area contributed by atoms with Crippen molar-refractivity contribution in [1.82, 2.24) is 49.0 Å². The number of nitrogens with zero attached hydrogens (tertiary/aromatic N) is 10. The number of hydrogen-bond donors (Lipinski definition) is 0. The highest BCUT2D eigenvalue weighted by Gasteiger charge is 2.24. The van der Waals surface area contributed by atoms with Gasteiger partial charge < -0.3 is 0 Å². The maximum absolute atomic E-state index is 5.45. The second-order valence-corrected chi connectivity index (χ2v) is 24.1. The molecule has 0 saturated carbocycles. The van der Waals surface area contributed by atoms with Crippen LogP contribution in [0.25, 0.3) is 175 Å². The lowest BCUT2D eigenvalue weighted by atomic mass is 9.99. The van der Waals surface area contributed by atoms with Gasteiger partial charge in [0.2, 0.25) is 11.9 Å². The van der Waals surface area contributed by atoms with E-state index in [1.54, 1.807) is 11.3 Å². The Morgan fingerprint density at radius 2 is 0.625 bits per heavy atom. The Bertz CT molecular complexity index is 5740. The number of para-hydroxylation sites is 2. The molecule has 0 unspecified atom stereocenters. The average Bonchev–Trinajstić information content (AvgIpc) is 1.65. The van der Waals surface area contributed by atoms with Crippen LogP contribution in [0.2, 0.25) is 0 Å². The maximum atomic E-state index is 5.45. The number of aromatic nitrogens is 10. The number of fused-ring (bicyclic) bond motifs is 14. The van der Waals surface area contributed by atoms with Gasteiger partial charge in [0.15, 0.2) is 29.1 Å². The zero-order valence-electron chi connectivity index (χ0n) is 46.7. The summed E-state index contributed by atoms with van der Waals surface area (Å²) in [4.78, 5) is 41.1. The summed E-state index contributed by atoms with van der Waals surface area (Å²) in [6, 6.07) is 89.2. The van der Waals surface area contributed by atoms with Crippen LogP contribution in [0.1, 0.15) is 0 Å². The van der Waals surface area contributed by atoms with Crippen LogP contribution >= 0.6 is 22.7 Å². The SMILES string of the molecule is c1ccc(-c2ccc(-c3nc(-c4cccc(-c5ccc6sc7ccc8c(c9ccccc9n8-c8ncc(-c9nc(-c%10ccccc%10)nc(-c%10ccccc%10)n9)cn8)c7c6c5)c4)nc(-n4c5ccccc5c5c6c(ccc54)sc4ccccc46)n3)cc2)cc1. The van der Waals surface area contributed by atoms with Crippen molar-refractivity contribution < 1.29 is 0 Å². The molecule has 0 aliphatic carbocycles. The predicted octanol–water partition coefficient (Wildman–Crippen LogP) is 19.4. The molecule has 0 spiro atoms. The first kappa shape index (κ1) is 49.9. The summed E-state index contributed by atoms with van der Waals surface area (Å²) in [7, 11) is 0. The fraction of sp³-hybridized carbons (Fsp3) is 0. The van der Waals surface area contributed by atoms with Crippen molar-refractivity contribution in [3.8, 4) is 91.1 Å². The van der Waals surface area contributed by atoms with E-state index in [1.807, 2.05) is 90.5 Å². The van der Waals surface area contributed by atoms with Crippen LogP contribution in [0.5, 0.6) is 0 Å². The fourth-order valence-electron chi connectivity index (χ4n) is 12.7. The molecule has 0 aliphatic rings. The topological polar surface area (TPSA) is 113 Å². The van der Waals surface area contributed by atoms with Gasteiger partial charge in [-0.3, -0.25) is 9.13 Å². The minimum atomic E-state index is 0.496. The van der Waals surface area contributed by atoms with Gasteiger partial charge in [-0.15, -0.1) is 22.7 Å². The molecular weight excluding hydrogens is 1120 g/mol. The third-order valence-corrected chi connectivity index (χ3v) is 19.0. The van der Waals surface area contributed by atoms with Gasteiger partial charge in [-0.05, 0) is 82.9 Å². The Balaban J connectivity index is 0.762. The highest BCUT2D eigenvalue weighted by atomic mass is 32.1. The Kier molecular flexibility index (Phi) is 11.4. The quantitative estimate of drug-likeness (QED) is 0.140. The van der Waals surface area contributed by atoms with Gasteiger partial charge in [-0.2, -0.15) is 9.97 Å². The summed E-state index contributed by atoms with van der Waals surface area (Å²) in [6.07, 6.45) is 3.63. The van der Waals surface area contributed by atoms with Crippen LogP contribution in [0.4, 0.5) is 0 Å². The van der Waals surface area contributed by atoms with Crippen molar-refractivity contribution in [2.75, 3.05) is 0 Å². The molecular formula is C76H44N10S2. The highest BCUT2D eigenvalue weighted by molar-refractivity contribution is 7.26. The molecule has 0 aliphatic heterocycles. The molecule has 12 heteroatoms. The van der Waals surface area contributed by atoms with Gasteiger partial charge in [0.1, 0.15) is 0 Å². The van der Waals surface area contributed by atoms with E-state index in [9.17, 15) is 0 Å². The second-order valence-electron chi connectivity index (χ2n) is 21.9. The first-order valence-corrected chi connectivity index (χ1v) is 30.7. The van der Waals surface area contributed by atoms with Gasteiger partial charge in [0.05, 0.1) is 27.6 Å². The molecule has 0 saturated heterocycles. The van der Waals surface area contributed by atoms with Gasteiger partial charge >= 0.3 is 0 Å². The van der Waals surface area contributed by atoms with Crippen LogP contribution < -0.4 is 0 Å². The minimum absolute atomic E-state index is 0.496. The highest BCUT2D eigenvalue weighted by Crippen LogP contribution is 2.46. The molecule has 18 aromatic rings. The summed E-state index contributed by atoms with van der Waals surface area (Å²) < 4.78 is 9.31. The minimum Gasteiger partial charge on any atom is -0.278 e. The monoisotopic (exact) mass is 1160 g/mol. The summed E-state index contributed by atoms with van der Waals surface area (Å²) in [6.45, 7) is 0. The molecule has 7 heterocycles. The van der Waals surface area contributed by atoms with E-state index in [-0.39, 0.29) is 0 Å². The van der Waals surface area contributed by atoms with E-state index < -0.39 is 0 Å². The Morgan fingerprint density at radius 1 is 0.227 bits per heavy atom. The molecule has 18 rings (SSSR count). The van der Waals surface area contributed by atoms with Crippen molar-refractivity contribution in [3.05, 3.63) is 267 Å². The summed E-state index contributed by atoms with van der Waals surface area (Å²) >= 11 is 3.64. The van der Waals surface area contributed by atoms with E-state index in [1.165, 1.54) is 45.7 Å². The summed E-state index contributed by atoms with van der Waals surface area (Å²) in [5.74, 6) is 3.92. The molecule has 7 aromatic heterocycles. The molecule has 0 fully saturated rings. The van der Waals surface area contributed by atoms with Crippen molar-refractivity contribution in [2.45, 2.75) is 0 Å². The molecule has 0 bridgehead atoms. The van der Waals surface area contributed by atoms with Gasteiger partial charge in [0, 0.05) is 96.5 Å². The first-order chi connectivity index (χ1) is 43.6. The number of thiophene rings is 2. The third kappa shape index (κ3) is 8.15. The van der Waals surface area contributed by atoms with Gasteiger partial charge in [-0.1, -0.05) is 194 Å². The fourth-order valence-corrected chi connectivity index (χ4v) is 14.9. The molecule has 0 radical (unpaired) electrons. The molecule has 10 nitrogen and oxygen atoms in total. The second kappa shape index (κ2) is 20.1. The standard InChI is InChI=1S/C76H44N10S2/c1-4-17-45(18-5-1)46-31-33-49(34-32-46)72-82-73(84-76(83-72)86-59-29-14-11-26-55(59)66-61(86)37-39-64-68(66)56-27-12-15-30-62(56)87-64)52-24-16-23-50(41-52)51-35-38-63-57(42-51)69-65(88-63)40-36-60-67(69)54-25-10-13-28-58(54)85(60)75-77-43-53(44-78-75)74-80-70(47-19-6-2-7-20-47)79-71(81-74)48-21-8-3-9-22-48/h1-44H. The van der Waals surface area contributed by atoms with Crippen LogP contribution in [0, 0.1) is 0 Å². The zero-order valence-corrected chi connectivity index (χ0v) is 48.3. The van der Waals surface area contributed by atoms with Gasteiger partial charge in [0.25, 0.3) is 0 Å². The molecule has 0 amide bonds. The Labute approximate surface area is 510 Å². The van der Waals surface area contributed by atoms with Crippen molar-refractivity contribution in [1.29, 1.82) is 0 Å². The van der Waals surface area contributed by atoms with Crippen LogP contribution in [0.15, 0.2) is 267 Å². The first-order valence-electron chi connectivity index (χ1n) is 29.0. The smallest absolute Gasteiger partial charge is 0.238 e. The van der Waals surface area contributed by atoms with E-state index in [4.69, 9.17) is 39.9 Å². The van der Waals surface area contributed by atoms with Crippen molar-refractivity contribution in [3.63, 3.8) is 0 Å². The van der Waals surface area contributed by atoms with E-state index >= 15 is 0 Å². The van der Waals surface area contributed by atoms with Crippen LogP contribution in [-0.2, 0) is 0 Å². The van der Waals surface area contributed by atoms with E-state index in [0.29, 0.717) is 46.6 Å². The predicted molar refractivity (Wildman–Crippen MR) is 361 cm³/mol. The van der Waals surface area contributed by atoms with Gasteiger partial charge in [-0.25, -0.2) is 29.9 Å². The molecule has 88 heavy (non-hydrogen) atoms.